The van der Waals surface area contributed by atoms with E-state index < -0.39 is 6.10 Å². The summed E-state index contributed by atoms with van der Waals surface area (Å²) in [5, 5.41) is 10.4. The van der Waals surface area contributed by atoms with Crippen molar-refractivity contribution in [1.82, 2.24) is 0 Å². The normalized spacial score (nSPS) is 23.1. The maximum Gasteiger partial charge on any atom is 0.137 e. The van der Waals surface area contributed by atoms with E-state index in [1.54, 1.807) is 12.1 Å². The Kier molecular flexibility index (Phi) is 3.42. The van der Waals surface area contributed by atoms with E-state index in [4.69, 9.17) is 0 Å². The standard InChI is InChI=1S/C16H14BrFO/c17-14-8-11(6-7-15(14)18)16(19)13-9-12(13)10-4-2-1-3-5-10/h1-8,12-13,16,19H,9H2. The minimum absolute atomic E-state index is 0.236. The van der Waals surface area contributed by atoms with Crippen molar-refractivity contribution in [2.75, 3.05) is 0 Å². The number of benzene rings is 2. The summed E-state index contributed by atoms with van der Waals surface area (Å²) >= 11 is 3.16. The first-order chi connectivity index (χ1) is 9.16. The fourth-order valence-electron chi connectivity index (χ4n) is 2.59. The lowest BCUT2D eigenvalue weighted by atomic mass is 10.0. The van der Waals surface area contributed by atoms with Gasteiger partial charge in [-0.15, -0.1) is 0 Å². The smallest absolute Gasteiger partial charge is 0.137 e. The molecule has 0 aliphatic heterocycles. The van der Waals surface area contributed by atoms with Crippen LogP contribution < -0.4 is 0 Å². The molecular weight excluding hydrogens is 307 g/mol. The van der Waals surface area contributed by atoms with Crippen molar-refractivity contribution in [3.05, 3.63) is 69.9 Å². The molecule has 98 valence electrons. The van der Waals surface area contributed by atoms with Gasteiger partial charge in [-0.2, -0.15) is 0 Å². The average molecular weight is 321 g/mol. The second-order valence-electron chi connectivity index (χ2n) is 5.04. The summed E-state index contributed by atoms with van der Waals surface area (Å²) in [5.41, 5.74) is 2.05. The molecule has 1 nitrogen and oxygen atoms in total. The van der Waals surface area contributed by atoms with E-state index in [9.17, 15) is 9.50 Å². The fraction of sp³-hybridized carbons (Fsp3) is 0.250. The Morgan fingerprint density at radius 3 is 2.58 bits per heavy atom. The first kappa shape index (κ1) is 12.8. The van der Waals surface area contributed by atoms with Crippen LogP contribution in [0.2, 0.25) is 0 Å². The van der Waals surface area contributed by atoms with Crippen molar-refractivity contribution in [2.45, 2.75) is 18.4 Å². The van der Waals surface area contributed by atoms with Crippen molar-refractivity contribution >= 4 is 15.9 Å². The largest absolute Gasteiger partial charge is 0.388 e. The highest BCUT2D eigenvalue weighted by molar-refractivity contribution is 9.10. The van der Waals surface area contributed by atoms with E-state index in [0.717, 1.165) is 12.0 Å². The first-order valence-electron chi connectivity index (χ1n) is 6.35. The molecule has 0 radical (unpaired) electrons. The van der Waals surface area contributed by atoms with Crippen LogP contribution in [0, 0.1) is 11.7 Å². The summed E-state index contributed by atoms with van der Waals surface area (Å²) in [5.74, 6) is 0.353. The summed E-state index contributed by atoms with van der Waals surface area (Å²) < 4.78 is 13.6. The lowest BCUT2D eigenvalue weighted by Crippen LogP contribution is -2.01. The van der Waals surface area contributed by atoms with Gasteiger partial charge >= 0.3 is 0 Å². The van der Waals surface area contributed by atoms with Crippen molar-refractivity contribution in [3.63, 3.8) is 0 Å². The van der Waals surface area contributed by atoms with Crippen molar-refractivity contribution in [2.24, 2.45) is 5.92 Å². The van der Waals surface area contributed by atoms with E-state index >= 15 is 0 Å². The Bertz CT molecular complexity index is 585. The van der Waals surface area contributed by atoms with Crippen LogP contribution in [-0.4, -0.2) is 5.11 Å². The van der Waals surface area contributed by atoms with E-state index in [-0.39, 0.29) is 11.7 Å². The molecule has 0 aromatic heterocycles. The lowest BCUT2D eigenvalue weighted by Gasteiger charge is -2.11. The molecule has 1 saturated carbocycles. The molecule has 2 aromatic rings. The monoisotopic (exact) mass is 320 g/mol. The number of hydrogen-bond donors (Lipinski definition) is 1. The number of aliphatic hydroxyl groups excluding tert-OH is 1. The van der Waals surface area contributed by atoms with E-state index in [1.165, 1.54) is 11.6 Å². The molecule has 3 rings (SSSR count). The molecular formula is C16H14BrFO. The Morgan fingerprint density at radius 2 is 1.89 bits per heavy atom. The number of aliphatic hydroxyl groups is 1. The molecule has 0 saturated heterocycles. The number of rotatable bonds is 3. The molecule has 2 aromatic carbocycles. The van der Waals surface area contributed by atoms with Gasteiger partial charge in [0, 0.05) is 0 Å². The van der Waals surface area contributed by atoms with Crippen LogP contribution in [0.15, 0.2) is 53.0 Å². The van der Waals surface area contributed by atoms with Gasteiger partial charge in [0.15, 0.2) is 0 Å². The molecule has 0 spiro atoms. The SMILES string of the molecule is OC(c1ccc(F)c(Br)c1)C1CC1c1ccccc1. The summed E-state index contributed by atoms with van der Waals surface area (Å²) in [6, 6.07) is 14.9. The van der Waals surface area contributed by atoms with Gasteiger partial charge in [0.05, 0.1) is 10.6 Å². The Labute approximate surface area is 120 Å². The molecule has 0 amide bonds. The van der Waals surface area contributed by atoms with Gasteiger partial charge in [-0.05, 0) is 57.4 Å². The van der Waals surface area contributed by atoms with Crippen LogP contribution in [0.3, 0.4) is 0 Å². The van der Waals surface area contributed by atoms with Crippen LogP contribution in [0.5, 0.6) is 0 Å². The number of halogens is 2. The van der Waals surface area contributed by atoms with Crippen LogP contribution in [0.1, 0.15) is 29.6 Å². The van der Waals surface area contributed by atoms with Gasteiger partial charge in [-0.3, -0.25) is 0 Å². The van der Waals surface area contributed by atoms with E-state index in [1.807, 2.05) is 18.2 Å². The van der Waals surface area contributed by atoms with Crippen LogP contribution in [0.25, 0.3) is 0 Å². The number of hydrogen-bond acceptors (Lipinski definition) is 1. The van der Waals surface area contributed by atoms with Crippen LogP contribution >= 0.6 is 15.9 Å². The zero-order valence-electron chi connectivity index (χ0n) is 10.3. The summed E-state index contributed by atoms with van der Waals surface area (Å²) in [7, 11) is 0. The maximum atomic E-state index is 13.2. The summed E-state index contributed by atoms with van der Waals surface area (Å²) in [6.45, 7) is 0. The third-order valence-electron chi connectivity index (χ3n) is 3.76. The summed E-state index contributed by atoms with van der Waals surface area (Å²) in [4.78, 5) is 0. The van der Waals surface area contributed by atoms with Crippen LogP contribution in [0.4, 0.5) is 4.39 Å². The third kappa shape index (κ3) is 2.58. The fourth-order valence-corrected chi connectivity index (χ4v) is 2.99. The quantitative estimate of drug-likeness (QED) is 0.887. The van der Waals surface area contributed by atoms with Gasteiger partial charge in [0.1, 0.15) is 5.82 Å². The van der Waals surface area contributed by atoms with E-state index in [2.05, 4.69) is 28.1 Å². The summed E-state index contributed by atoms with van der Waals surface area (Å²) in [6.07, 6.45) is 0.460. The van der Waals surface area contributed by atoms with Crippen LogP contribution in [-0.2, 0) is 0 Å². The Morgan fingerprint density at radius 1 is 1.16 bits per heavy atom. The predicted octanol–water partition coefficient (Wildman–Crippen LogP) is 4.43. The zero-order chi connectivity index (χ0) is 13.4. The molecule has 3 atom stereocenters. The Hall–Kier alpha value is -1.19. The van der Waals surface area contributed by atoms with Crippen molar-refractivity contribution in [3.8, 4) is 0 Å². The minimum atomic E-state index is -0.526. The molecule has 1 fully saturated rings. The van der Waals surface area contributed by atoms with E-state index in [0.29, 0.717) is 10.4 Å². The van der Waals surface area contributed by atoms with Gasteiger partial charge in [0.2, 0.25) is 0 Å². The van der Waals surface area contributed by atoms with Gasteiger partial charge in [0.25, 0.3) is 0 Å². The molecule has 0 bridgehead atoms. The van der Waals surface area contributed by atoms with Crippen molar-refractivity contribution in [1.29, 1.82) is 0 Å². The minimum Gasteiger partial charge on any atom is -0.388 e. The lowest BCUT2D eigenvalue weighted by molar-refractivity contribution is 0.151. The maximum absolute atomic E-state index is 13.2. The molecule has 3 unspecified atom stereocenters. The second kappa shape index (κ2) is 5.06. The molecule has 1 N–H and O–H groups in total. The van der Waals surface area contributed by atoms with Gasteiger partial charge in [-0.1, -0.05) is 36.4 Å². The highest BCUT2D eigenvalue weighted by Gasteiger charge is 2.43. The predicted molar refractivity (Wildman–Crippen MR) is 76.3 cm³/mol. The van der Waals surface area contributed by atoms with Gasteiger partial charge in [-0.25, -0.2) is 4.39 Å². The van der Waals surface area contributed by atoms with Gasteiger partial charge < -0.3 is 5.11 Å². The zero-order valence-corrected chi connectivity index (χ0v) is 11.8. The molecule has 1 aliphatic carbocycles. The molecule has 0 heterocycles. The average Bonchev–Trinajstić information content (AvgIpc) is 3.22. The highest BCUT2D eigenvalue weighted by Crippen LogP contribution is 2.54. The second-order valence-corrected chi connectivity index (χ2v) is 5.89. The molecule has 3 heteroatoms. The Balaban J connectivity index is 1.76. The highest BCUT2D eigenvalue weighted by atomic mass is 79.9. The topological polar surface area (TPSA) is 20.2 Å². The third-order valence-corrected chi connectivity index (χ3v) is 4.37. The van der Waals surface area contributed by atoms with Crippen molar-refractivity contribution < 1.29 is 9.50 Å². The molecule has 1 aliphatic rings. The molecule has 19 heavy (non-hydrogen) atoms. The first-order valence-corrected chi connectivity index (χ1v) is 7.14.